The highest BCUT2D eigenvalue weighted by molar-refractivity contribution is 9.10. The van der Waals surface area contributed by atoms with E-state index in [1.807, 2.05) is 29.8 Å². The molecular formula is C14H13Br2N3O. The fourth-order valence-electron chi connectivity index (χ4n) is 2.08. The number of carbonyl (C=O) groups excluding carboxylic acids is 1. The van der Waals surface area contributed by atoms with E-state index in [1.54, 1.807) is 6.07 Å². The van der Waals surface area contributed by atoms with Gasteiger partial charge in [0.1, 0.15) is 11.5 Å². The molecule has 1 aliphatic rings. The summed E-state index contributed by atoms with van der Waals surface area (Å²) in [5, 5.41) is 2.85. The lowest BCUT2D eigenvalue weighted by Crippen LogP contribution is -2.17. The van der Waals surface area contributed by atoms with E-state index >= 15 is 0 Å². The molecule has 0 atom stereocenters. The smallest absolute Gasteiger partial charge is 0.273 e. The summed E-state index contributed by atoms with van der Waals surface area (Å²) >= 11 is 6.83. The molecule has 104 valence electrons. The molecule has 2 aromatic heterocycles. The number of hydrogen-bond acceptors (Lipinski definition) is 2. The van der Waals surface area contributed by atoms with Crippen molar-refractivity contribution in [3.8, 4) is 0 Å². The third-order valence-electron chi connectivity index (χ3n) is 3.25. The Morgan fingerprint density at radius 2 is 2.15 bits per heavy atom. The van der Waals surface area contributed by atoms with Crippen LogP contribution in [-0.2, 0) is 0 Å². The van der Waals surface area contributed by atoms with Crippen LogP contribution in [-0.4, -0.2) is 15.5 Å². The summed E-state index contributed by atoms with van der Waals surface area (Å²) in [6.07, 6.45) is 4.24. The lowest BCUT2D eigenvalue weighted by atomic mass is 10.3. The third kappa shape index (κ3) is 2.81. The standard InChI is InChI=1S/C14H13Br2N3O/c1-8-11(16)4-5-13(17-8)18-14(20)12-6-9(15)7-19(12)10-2-3-10/h4-7,10H,2-3H2,1H3,(H,17,18,20). The zero-order chi connectivity index (χ0) is 14.3. The van der Waals surface area contributed by atoms with Crippen molar-refractivity contribution in [2.75, 3.05) is 5.32 Å². The molecule has 0 aliphatic heterocycles. The van der Waals surface area contributed by atoms with Gasteiger partial charge in [0.15, 0.2) is 0 Å². The molecule has 1 aliphatic carbocycles. The molecule has 2 heterocycles. The number of anilines is 1. The SMILES string of the molecule is Cc1nc(NC(=O)c2cc(Br)cn2C2CC2)ccc1Br. The summed E-state index contributed by atoms with van der Waals surface area (Å²) in [6.45, 7) is 1.89. The summed E-state index contributed by atoms with van der Waals surface area (Å²) in [5.74, 6) is 0.437. The number of aryl methyl sites for hydroxylation is 1. The van der Waals surface area contributed by atoms with Gasteiger partial charge in [-0.1, -0.05) is 0 Å². The van der Waals surface area contributed by atoms with E-state index in [1.165, 1.54) is 0 Å². The van der Waals surface area contributed by atoms with Crippen LogP contribution in [0, 0.1) is 6.92 Å². The predicted molar refractivity (Wildman–Crippen MR) is 85.0 cm³/mol. The number of aromatic nitrogens is 2. The molecule has 1 fully saturated rings. The Kier molecular flexibility index (Phi) is 3.69. The van der Waals surface area contributed by atoms with Gasteiger partial charge in [0, 0.05) is 21.2 Å². The number of amides is 1. The first-order valence-electron chi connectivity index (χ1n) is 6.36. The van der Waals surface area contributed by atoms with E-state index < -0.39 is 0 Å². The van der Waals surface area contributed by atoms with Crippen molar-refractivity contribution in [2.24, 2.45) is 0 Å². The number of pyridine rings is 1. The van der Waals surface area contributed by atoms with Gasteiger partial charge in [0.2, 0.25) is 0 Å². The Balaban J connectivity index is 1.84. The second-order valence-electron chi connectivity index (χ2n) is 4.90. The van der Waals surface area contributed by atoms with Crippen LogP contribution in [0.2, 0.25) is 0 Å². The predicted octanol–water partition coefficient (Wildman–Crippen LogP) is 4.30. The Hall–Kier alpha value is -1.14. The van der Waals surface area contributed by atoms with Gasteiger partial charge >= 0.3 is 0 Å². The van der Waals surface area contributed by atoms with Gasteiger partial charge < -0.3 is 9.88 Å². The minimum atomic E-state index is -0.128. The van der Waals surface area contributed by atoms with Crippen molar-refractivity contribution in [1.29, 1.82) is 0 Å². The van der Waals surface area contributed by atoms with E-state index in [9.17, 15) is 4.79 Å². The molecule has 6 heteroatoms. The van der Waals surface area contributed by atoms with Gasteiger partial charge in [0.05, 0.1) is 5.69 Å². The third-order valence-corrected chi connectivity index (χ3v) is 4.52. The van der Waals surface area contributed by atoms with Crippen LogP contribution in [0.5, 0.6) is 0 Å². The summed E-state index contributed by atoms with van der Waals surface area (Å²) < 4.78 is 3.89. The van der Waals surface area contributed by atoms with E-state index in [4.69, 9.17) is 0 Å². The number of nitrogens with zero attached hydrogens (tertiary/aromatic N) is 2. The molecule has 20 heavy (non-hydrogen) atoms. The van der Waals surface area contributed by atoms with Gasteiger partial charge in [-0.2, -0.15) is 0 Å². The average Bonchev–Trinajstić information content (AvgIpc) is 3.17. The van der Waals surface area contributed by atoms with Gasteiger partial charge in [-0.05, 0) is 69.8 Å². The Morgan fingerprint density at radius 3 is 2.80 bits per heavy atom. The molecule has 0 radical (unpaired) electrons. The van der Waals surface area contributed by atoms with Crippen LogP contribution in [0.4, 0.5) is 5.82 Å². The van der Waals surface area contributed by atoms with Crippen molar-refractivity contribution in [2.45, 2.75) is 25.8 Å². The van der Waals surface area contributed by atoms with Gasteiger partial charge in [-0.3, -0.25) is 4.79 Å². The topological polar surface area (TPSA) is 46.9 Å². The van der Waals surface area contributed by atoms with Gasteiger partial charge in [0.25, 0.3) is 5.91 Å². The van der Waals surface area contributed by atoms with Crippen molar-refractivity contribution < 1.29 is 4.79 Å². The normalized spacial score (nSPS) is 14.3. The van der Waals surface area contributed by atoms with E-state index in [0.29, 0.717) is 17.6 Å². The number of hydrogen-bond donors (Lipinski definition) is 1. The maximum atomic E-state index is 12.4. The van der Waals surface area contributed by atoms with Crippen molar-refractivity contribution in [3.63, 3.8) is 0 Å². The molecular weight excluding hydrogens is 386 g/mol. The number of carbonyl (C=O) groups is 1. The molecule has 4 nitrogen and oxygen atoms in total. The van der Waals surface area contributed by atoms with Gasteiger partial charge in [-0.25, -0.2) is 4.98 Å². The molecule has 0 spiro atoms. The van der Waals surface area contributed by atoms with Crippen LogP contribution in [0.25, 0.3) is 0 Å². The number of nitrogens with one attached hydrogen (secondary N) is 1. The van der Waals surface area contributed by atoms with Gasteiger partial charge in [-0.15, -0.1) is 0 Å². The monoisotopic (exact) mass is 397 g/mol. The second-order valence-corrected chi connectivity index (χ2v) is 6.67. The minimum Gasteiger partial charge on any atom is -0.339 e. The molecule has 1 N–H and O–H groups in total. The van der Waals surface area contributed by atoms with Crippen molar-refractivity contribution >= 4 is 43.6 Å². The van der Waals surface area contributed by atoms with E-state index in [2.05, 4.69) is 42.2 Å². The average molecular weight is 399 g/mol. The molecule has 0 aromatic carbocycles. The summed E-state index contributed by atoms with van der Waals surface area (Å²) in [7, 11) is 0. The van der Waals surface area contributed by atoms with E-state index in [-0.39, 0.29) is 5.91 Å². The number of rotatable bonds is 3. The quantitative estimate of drug-likeness (QED) is 0.837. The van der Waals surface area contributed by atoms with Crippen molar-refractivity contribution in [3.05, 3.63) is 44.7 Å². The lowest BCUT2D eigenvalue weighted by molar-refractivity contribution is 0.101. The van der Waals surface area contributed by atoms with Crippen LogP contribution in [0.3, 0.4) is 0 Å². The largest absolute Gasteiger partial charge is 0.339 e. The molecule has 3 rings (SSSR count). The Morgan fingerprint density at radius 1 is 1.40 bits per heavy atom. The van der Waals surface area contributed by atoms with Crippen LogP contribution >= 0.6 is 31.9 Å². The zero-order valence-corrected chi connectivity index (χ0v) is 14.0. The summed E-state index contributed by atoms with van der Waals surface area (Å²) in [5.41, 5.74) is 1.52. The molecule has 0 unspecified atom stereocenters. The maximum absolute atomic E-state index is 12.4. The molecule has 0 bridgehead atoms. The first kappa shape index (κ1) is 13.8. The highest BCUT2D eigenvalue weighted by Gasteiger charge is 2.27. The molecule has 2 aromatic rings. The maximum Gasteiger partial charge on any atom is 0.273 e. The Labute approximate surface area is 133 Å². The second kappa shape index (κ2) is 5.33. The van der Waals surface area contributed by atoms with Crippen LogP contribution < -0.4 is 5.32 Å². The fourth-order valence-corrected chi connectivity index (χ4v) is 2.73. The first-order valence-corrected chi connectivity index (χ1v) is 7.95. The summed E-state index contributed by atoms with van der Waals surface area (Å²) in [6, 6.07) is 5.98. The van der Waals surface area contributed by atoms with E-state index in [0.717, 1.165) is 27.5 Å². The summed E-state index contributed by atoms with van der Waals surface area (Å²) in [4.78, 5) is 16.7. The van der Waals surface area contributed by atoms with Crippen molar-refractivity contribution in [1.82, 2.24) is 9.55 Å². The fraction of sp³-hybridized carbons (Fsp3) is 0.286. The van der Waals surface area contributed by atoms with Crippen LogP contribution in [0.1, 0.15) is 35.1 Å². The molecule has 1 saturated carbocycles. The highest BCUT2D eigenvalue weighted by Crippen LogP contribution is 2.37. The van der Waals surface area contributed by atoms with Crippen LogP contribution in [0.15, 0.2) is 33.3 Å². The molecule has 0 saturated heterocycles. The zero-order valence-electron chi connectivity index (χ0n) is 10.9. The lowest BCUT2D eigenvalue weighted by Gasteiger charge is -2.09. The number of halogens is 2. The Bertz CT molecular complexity index is 677. The molecule has 1 amide bonds. The highest BCUT2D eigenvalue weighted by atomic mass is 79.9. The first-order chi connectivity index (χ1) is 9.54. The minimum absolute atomic E-state index is 0.128.